The Kier molecular flexibility index (Phi) is 3.93. The van der Waals surface area contributed by atoms with Crippen molar-refractivity contribution in [3.8, 4) is 0 Å². The molecule has 22 heavy (non-hydrogen) atoms. The Labute approximate surface area is 133 Å². The fourth-order valence-electron chi connectivity index (χ4n) is 3.01. The van der Waals surface area contributed by atoms with Gasteiger partial charge in [-0.25, -0.2) is 0 Å². The highest BCUT2D eigenvalue weighted by molar-refractivity contribution is 5.26. The Balaban J connectivity index is 1.76. The normalized spacial score (nSPS) is 11.1. The maximum absolute atomic E-state index is 2.36. The molecule has 2 heteroatoms. The first kappa shape index (κ1) is 14.7. The zero-order valence-electron chi connectivity index (χ0n) is 13.9. The van der Waals surface area contributed by atoms with E-state index >= 15 is 0 Å². The highest BCUT2D eigenvalue weighted by atomic mass is 15.0. The van der Waals surface area contributed by atoms with Crippen LogP contribution in [0, 0.1) is 27.7 Å². The van der Waals surface area contributed by atoms with Gasteiger partial charge in [-0.2, -0.15) is 0 Å². The van der Waals surface area contributed by atoms with E-state index in [9.17, 15) is 0 Å². The zero-order valence-corrected chi connectivity index (χ0v) is 13.9. The summed E-state index contributed by atoms with van der Waals surface area (Å²) in [6, 6.07) is 17.7. The average Bonchev–Trinajstić information content (AvgIpc) is 2.99. The molecule has 0 unspecified atom stereocenters. The van der Waals surface area contributed by atoms with Crippen molar-refractivity contribution in [2.75, 3.05) is 0 Å². The van der Waals surface area contributed by atoms with Gasteiger partial charge in [0.25, 0.3) is 0 Å². The van der Waals surface area contributed by atoms with E-state index in [-0.39, 0.29) is 0 Å². The number of hydrogen-bond donors (Lipinski definition) is 0. The predicted octanol–water partition coefficient (Wildman–Crippen LogP) is 4.62. The average molecular weight is 292 g/mol. The van der Waals surface area contributed by atoms with Crippen LogP contribution in [0.25, 0.3) is 0 Å². The van der Waals surface area contributed by atoms with Gasteiger partial charge in [0, 0.05) is 35.9 Å². The lowest BCUT2D eigenvalue weighted by Crippen LogP contribution is -2.05. The Morgan fingerprint density at radius 2 is 0.773 bits per heavy atom. The minimum Gasteiger partial charge on any atom is -0.345 e. The molecule has 0 bridgehead atoms. The van der Waals surface area contributed by atoms with E-state index in [1.165, 1.54) is 33.9 Å². The van der Waals surface area contributed by atoms with E-state index < -0.39 is 0 Å². The summed E-state index contributed by atoms with van der Waals surface area (Å²) in [6.45, 7) is 10.6. The second-order valence-corrected chi connectivity index (χ2v) is 6.22. The Bertz CT molecular complexity index is 666. The Morgan fingerprint density at radius 1 is 0.500 bits per heavy atom. The van der Waals surface area contributed by atoms with Crippen LogP contribution in [-0.4, -0.2) is 9.13 Å². The molecule has 0 amide bonds. The maximum Gasteiger partial charge on any atom is 0.0475 e. The summed E-state index contributed by atoms with van der Waals surface area (Å²) in [7, 11) is 0. The summed E-state index contributed by atoms with van der Waals surface area (Å²) in [5.41, 5.74) is 7.99. The van der Waals surface area contributed by atoms with Crippen LogP contribution < -0.4 is 0 Å². The van der Waals surface area contributed by atoms with Gasteiger partial charge in [-0.3, -0.25) is 0 Å². The van der Waals surface area contributed by atoms with Crippen LogP contribution >= 0.6 is 0 Å². The molecule has 0 saturated heterocycles. The molecule has 2 nitrogen and oxygen atoms in total. The molecule has 0 aliphatic rings. The van der Waals surface area contributed by atoms with E-state index in [0.717, 1.165) is 13.1 Å². The molecule has 3 aromatic rings. The van der Waals surface area contributed by atoms with Crippen molar-refractivity contribution in [3.63, 3.8) is 0 Å². The van der Waals surface area contributed by atoms with E-state index in [1.807, 2.05) is 0 Å². The van der Waals surface area contributed by atoms with Gasteiger partial charge in [0.1, 0.15) is 0 Å². The van der Waals surface area contributed by atoms with Gasteiger partial charge < -0.3 is 9.13 Å². The van der Waals surface area contributed by atoms with Gasteiger partial charge in [-0.1, -0.05) is 24.3 Å². The summed E-state index contributed by atoms with van der Waals surface area (Å²) in [6.07, 6.45) is 0. The van der Waals surface area contributed by atoms with Gasteiger partial charge in [-0.05, 0) is 63.1 Å². The van der Waals surface area contributed by atoms with Crippen molar-refractivity contribution in [1.82, 2.24) is 9.13 Å². The van der Waals surface area contributed by atoms with Crippen molar-refractivity contribution in [3.05, 3.63) is 82.4 Å². The standard InChI is InChI=1S/C20H24N2/c1-15-5-6-16(2)21(15)13-19-9-11-20(12-10-19)14-22-17(3)7-8-18(22)4/h5-12H,13-14H2,1-4H3. The summed E-state index contributed by atoms with van der Waals surface area (Å²) >= 11 is 0. The second kappa shape index (κ2) is 5.88. The highest BCUT2D eigenvalue weighted by Gasteiger charge is 2.04. The monoisotopic (exact) mass is 292 g/mol. The molecule has 0 spiro atoms. The zero-order chi connectivity index (χ0) is 15.7. The minimum atomic E-state index is 0.951. The van der Waals surface area contributed by atoms with Gasteiger partial charge in [0.2, 0.25) is 0 Å². The van der Waals surface area contributed by atoms with E-state index in [1.54, 1.807) is 0 Å². The van der Waals surface area contributed by atoms with Gasteiger partial charge in [-0.15, -0.1) is 0 Å². The number of rotatable bonds is 4. The largest absolute Gasteiger partial charge is 0.345 e. The summed E-state index contributed by atoms with van der Waals surface area (Å²) in [4.78, 5) is 0. The van der Waals surface area contributed by atoms with Crippen LogP contribution in [0.4, 0.5) is 0 Å². The summed E-state index contributed by atoms with van der Waals surface area (Å²) in [5, 5.41) is 0. The van der Waals surface area contributed by atoms with Crippen molar-refractivity contribution >= 4 is 0 Å². The molecular formula is C20H24N2. The first-order chi connectivity index (χ1) is 10.5. The lowest BCUT2D eigenvalue weighted by molar-refractivity contribution is 0.739. The lowest BCUT2D eigenvalue weighted by Gasteiger charge is -2.12. The van der Waals surface area contributed by atoms with Gasteiger partial charge in [0.05, 0.1) is 0 Å². The second-order valence-electron chi connectivity index (χ2n) is 6.22. The van der Waals surface area contributed by atoms with Crippen LogP contribution in [-0.2, 0) is 13.1 Å². The quantitative estimate of drug-likeness (QED) is 0.664. The van der Waals surface area contributed by atoms with E-state index in [0.29, 0.717) is 0 Å². The van der Waals surface area contributed by atoms with Crippen LogP contribution in [0.3, 0.4) is 0 Å². The molecule has 0 saturated carbocycles. The molecule has 3 rings (SSSR count). The molecule has 0 atom stereocenters. The Morgan fingerprint density at radius 3 is 1.05 bits per heavy atom. The SMILES string of the molecule is Cc1ccc(C)n1Cc1ccc(Cn2c(C)ccc2C)cc1. The fraction of sp³-hybridized carbons (Fsp3) is 0.300. The molecule has 0 aliphatic carbocycles. The summed E-state index contributed by atoms with van der Waals surface area (Å²) < 4.78 is 4.71. The third-order valence-corrected chi connectivity index (χ3v) is 4.54. The highest BCUT2D eigenvalue weighted by Crippen LogP contribution is 2.15. The van der Waals surface area contributed by atoms with Gasteiger partial charge in [0.15, 0.2) is 0 Å². The maximum atomic E-state index is 2.36. The third kappa shape index (κ3) is 2.87. The predicted molar refractivity (Wildman–Crippen MR) is 92.5 cm³/mol. The molecule has 2 heterocycles. The first-order valence-corrected chi connectivity index (χ1v) is 7.88. The van der Waals surface area contributed by atoms with Crippen molar-refractivity contribution < 1.29 is 0 Å². The molecule has 1 aromatic carbocycles. The fourth-order valence-corrected chi connectivity index (χ4v) is 3.01. The first-order valence-electron chi connectivity index (χ1n) is 7.88. The van der Waals surface area contributed by atoms with Crippen LogP contribution in [0.2, 0.25) is 0 Å². The van der Waals surface area contributed by atoms with Crippen molar-refractivity contribution in [2.45, 2.75) is 40.8 Å². The van der Waals surface area contributed by atoms with Crippen LogP contribution in [0.15, 0.2) is 48.5 Å². The number of aromatic nitrogens is 2. The van der Waals surface area contributed by atoms with Crippen LogP contribution in [0.5, 0.6) is 0 Å². The Hall–Kier alpha value is -2.22. The number of nitrogens with zero attached hydrogens (tertiary/aromatic N) is 2. The molecule has 0 aliphatic heterocycles. The number of hydrogen-bond acceptors (Lipinski definition) is 0. The third-order valence-electron chi connectivity index (χ3n) is 4.54. The van der Waals surface area contributed by atoms with Gasteiger partial charge >= 0.3 is 0 Å². The molecule has 2 aromatic heterocycles. The topological polar surface area (TPSA) is 9.86 Å². The summed E-state index contributed by atoms with van der Waals surface area (Å²) in [5.74, 6) is 0. The molecular weight excluding hydrogens is 268 g/mol. The lowest BCUT2D eigenvalue weighted by atomic mass is 10.1. The van der Waals surface area contributed by atoms with E-state index in [2.05, 4.69) is 85.4 Å². The minimum absolute atomic E-state index is 0.951. The van der Waals surface area contributed by atoms with Crippen molar-refractivity contribution in [2.24, 2.45) is 0 Å². The molecule has 0 radical (unpaired) electrons. The molecule has 0 N–H and O–H groups in total. The van der Waals surface area contributed by atoms with Crippen LogP contribution in [0.1, 0.15) is 33.9 Å². The number of benzene rings is 1. The number of aryl methyl sites for hydroxylation is 4. The van der Waals surface area contributed by atoms with Crippen molar-refractivity contribution in [1.29, 1.82) is 0 Å². The molecule has 114 valence electrons. The molecule has 0 fully saturated rings. The smallest absolute Gasteiger partial charge is 0.0475 e. The van der Waals surface area contributed by atoms with E-state index in [4.69, 9.17) is 0 Å².